The summed E-state index contributed by atoms with van der Waals surface area (Å²) in [6, 6.07) is 4.69. The predicted molar refractivity (Wildman–Crippen MR) is 57.8 cm³/mol. The lowest BCUT2D eigenvalue weighted by molar-refractivity contribution is 0.0697. The maximum absolute atomic E-state index is 10.7. The highest BCUT2D eigenvalue weighted by molar-refractivity contribution is 5.88. The third-order valence-corrected chi connectivity index (χ3v) is 1.97. The van der Waals surface area contributed by atoms with Crippen LogP contribution in [-0.2, 0) is 0 Å². The van der Waals surface area contributed by atoms with Crippen molar-refractivity contribution in [2.24, 2.45) is 0 Å². The largest absolute Gasteiger partial charge is 0.478 e. The second-order valence-corrected chi connectivity index (χ2v) is 3.30. The van der Waals surface area contributed by atoms with Gasteiger partial charge in [0.05, 0.1) is 5.56 Å². The van der Waals surface area contributed by atoms with E-state index in [1.807, 2.05) is 6.92 Å². The molecule has 82 valence electrons. The minimum absolute atomic E-state index is 0.185. The second kappa shape index (κ2) is 4.01. The average molecular weight is 218 g/mol. The monoisotopic (exact) mass is 218 g/mol. The van der Waals surface area contributed by atoms with E-state index in [0.717, 1.165) is 5.69 Å². The summed E-state index contributed by atoms with van der Waals surface area (Å²) in [6.45, 7) is 1.87. The first-order chi connectivity index (χ1) is 7.65. The van der Waals surface area contributed by atoms with Crippen molar-refractivity contribution in [3.8, 4) is 0 Å². The quantitative estimate of drug-likeness (QED) is 0.727. The first-order valence-electron chi connectivity index (χ1n) is 4.63. The van der Waals surface area contributed by atoms with Crippen molar-refractivity contribution in [2.75, 3.05) is 5.32 Å². The number of H-pyrrole nitrogens is 1. The molecule has 2 aromatic heterocycles. The van der Waals surface area contributed by atoms with Crippen LogP contribution in [0.4, 0.5) is 11.6 Å². The molecule has 0 saturated carbocycles. The van der Waals surface area contributed by atoms with Crippen LogP contribution in [0.3, 0.4) is 0 Å². The number of carbonyl (C=O) groups is 1. The highest BCUT2D eigenvalue weighted by Gasteiger charge is 2.05. The van der Waals surface area contributed by atoms with Crippen LogP contribution in [-0.4, -0.2) is 26.3 Å². The van der Waals surface area contributed by atoms with Crippen molar-refractivity contribution >= 4 is 17.6 Å². The predicted octanol–water partition coefficient (Wildman–Crippen LogP) is 1.55. The Balaban J connectivity index is 2.21. The molecule has 0 bridgehead atoms. The normalized spacial score (nSPS) is 10.1. The van der Waals surface area contributed by atoms with Gasteiger partial charge < -0.3 is 10.4 Å². The third kappa shape index (κ3) is 2.17. The molecule has 6 nitrogen and oxygen atoms in total. The standard InChI is InChI=1S/C10H10N4O2/c1-6-4-9(14-13-6)12-8-5-7(10(15)16)2-3-11-8/h2-5H,1H3,(H,15,16)(H2,11,12,13,14). The zero-order valence-corrected chi connectivity index (χ0v) is 8.56. The van der Waals surface area contributed by atoms with Crippen molar-refractivity contribution < 1.29 is 9.90 Å². The number of rotatable bonds is 3. The Morgan fingerprint density at radius 2 is 2.25 bits per heavy atom. The number of carboxylic acids is 1. The van der Waals surface area contributed by atoms with Crippen molar-refractivity contribution in [2.45, 2.75) is 6.92 Å². The van der Waals surface area contributed by atoms with Gasteiger partial charge in [0, 0.05) is 18.0 Å². The summed E-state index contributed by atoms with van der Waals surface area (Å²) < 4.78 is 0. The third-order valence-electron chi connectivity index (χ3n) is 1.97. The molecular weight excluding hydrogens is 208 g/mol. The van der Waals surface area contributed by atoms with E-state index in [-0.39, 0.29) is 5.56 Å². The van der Waals surface area contributed by atoms with Gasteiger partial charge in [0.15, 0.2) is 5.82 Å². The lowest BCUT2D eigenvalue weighted by atomic mass is 10.2. The summed E-state index contributed by atoms with van der Waals surface area (Å²) in [5.74, 6) is 0.0718. The number of nitrogens with zero attached hydrogens (tertiary/aromatic N) is 2. The highest BCUT2D eigenvalue weighted by Crippen LogP contribution is 2.13. The molecular formula is C10H10N4O2. The summed E-state index contributed by atoms with van der Waals surface area (Å²) >= 11 is 0. The topological polar surface area (TPSA) is 90.9 Å². The number of aromatic amines is 1. The van der Waals surface area contributed by atoms with Crippen LogP contribution in [0.1, 0.15) is 16.1 Å². The van der Waals surface area contributed by atoms with Crippen molar-refractivity contribution in [3.63, 3.8) is 0 Å². The molecule has 0 spiro atoms. The van der Waals surface area contributed by atoms with Crippen LogP contribution >= 0.6 is 0 Å². The minimum atomic E-state index is -0.983. The molecule has 0 atom stereocenters. The lowest BCUT2D eigenvalue weighted by Gasteiger charge is -2.01. The number of carboxylic acid groups (broad SMARTS) is 1. The van der Waals surface area contributed by atoms with E-state index < -0.39 is 5.97 Å². The number of pyridine rings is 1. The number of hydrogen-bond donors (Lipinski definition) is 3. The number of aromatic nitrogens is 3. The van der Waals surface area contributed by atoms with Gasteiger partial charge in [-0.05, 0) is 19.1 Å². The molecule has 2 rings (SSSR count). The minimum Gasteiger partial charge on any atom is -0.478 e. The number of nitrogens with one attached hydrogen (secondary N) is 2. The molecule has 0 aromatic carbocycles. The summed E-state index contributed by atoms with van der Waals surface area (Å²) in [5, 5.41) is 18.4. The molecule has 0 radical (unpaired) electrons. The Hall–Kier alpha value is -2.37. The Morgan fingerprint density at radius 3 is 2.88 bits per heavy atom. The van der Waals surface area contributed by atoms with E-state index in [9.17, 15) is 4.79 Å². The molecule has 0 amide bonds. The van der Waals surface area contributed by atoms with Crippen LogP contribution < -0.4 is 5.32 Å². The van der Waals surface area contributed by atoms with E-state index in [1.54, 1.807) is 6.07 Å². The van der Waals surface area contributed by atoms with Gasteiger partial charge in [-0.3, -0.25) is 5.10 Å². The Bertz CT molecular complexity index is 521. The molecule has 0 fully saturated rings. The van der Waals surface area contributed by atoms with Gasteiger partial charge in [-0.1, -0.05) is 0 Å². The maximum atomic E-state index is 10.7. The number of aryl methyl sites for hydroxylation is 1. The van der Waals surface area contributed by atoms with E-state index in [1.165, 1.54) is 18.3 Å². The fourth-order valence-corrected chi connectivity index (χ4v) is 1.25. The number of aromatic carboxylic acids is 1. The zero-order valence-electron chi connectivity index (χ0n) is 8.56. The van der Waals surface area contributed by atoms with E-state index >= 15 is 0 Å². The first kappa shape index (κ1) is 10.2. The van der Waals surface area contributed by atoms with Gasteiger partial charge in [0.2, 0.25) is 0 Å². The molecule has 0 aliphatic carbocycles. The van der Waals surface area contributed by atoms with Gasteiger partial charge in [-0.2, -0.15) is 5.10 Å². The van der Waals surface area contributed by atoms with Gasteiger partial charge >= 0.3 is 5.97 Å². The number of anilines is 2. The zero-order chi connectivity index (χ0) is 11.5. The van der Waals surface area contributed by atoms with Crippen molar-refractivity contribution in [1.82, 2.24) is 15.2 Å². The summed E-state index contributed by atoms with van der Waals surface area (Å²) in [4.78, 5) is 14.7. The SMILES string of the molecule is Cc1cc(Nc2cc(C(=O)O)ccn2)n[nH]1. The van der Waals surface area contributed by atoms with Gasteiger partial charge in [0.25, 0.3) is 0 Å². The van der Waals surface area contributed by atoms with Crippen LogP contribution in [0.5, 0.6) is 0 Å². The summed E-state index contributed by atoms with van der Waals surface area (Å²) in [7, 11) is 0. The second-order valence-electron chi connectivity index (χ2n) is 3.30. The fourth-order valence-electron chi connectivity index (χ4n) is 1.25. The average Bonchev–Trinajstić information content (AvgIpc) is 2.64. The Morgan fingerprint density at radius 1 is 1.44 bits per heavy atom. The Kier molecular flexibility index (Phi) is 2.55. The van der Waals surface area contributed by atoms with Crippen LogP contribution in [0.2, 0.25) is 0 Å². The molecule has 0 saturated heterocycles. The van der Waals surface area contributed by atoms with Crippen molar-refractivity contribution in [3.05, 3.63) is 35.7 Å². The highest BCUT2D eigenvalue weighted by atomic mass is 16.4. The Labute approximate surface area is 91.3 Å². The molecule has 6 heteroatoms. The van der Waals surface area contributed by atoms with Crippen LogP contribution in [0, 0.1) is 6.92 Å². The van der Waals surface area contributed by atoms with E-state index in [0.29, 0.717) is 11.6 Å². The van der Waals surface area contributed by atoms with Crippen molar-refractivity contribution in [1.29, 1.82) is 0 Å². The fraction of sp³-hybridized carbons (Fsp3) is 0.100. The smallest absolute Gasteiger partial charge is 0.335 e. The number of hydrogen-bond acceptors (Lipinski definition) is 4. The van der Waals surface area contributed by atoms with Gasteiger partial charge in [-0.25, -0.2) is 9.78 Å². The lowest BCUT2D eigenvalue weighted by Crippen LogP contribution is -1.99. The van der Waals surface area contributed by atoms with Crippen LogP contribution in [0.25, 0.3) is 0 Å². The maximum Gasteiger partial charge on any atom is 0.335 e. The van der Waals surface area contributed by atoms with Gasteiger partial charge in [0.1, 0.15) is 5.82 Å². The molecule has 2 heterocycles. The van der Waals surface area contributed by atoms with E-state index in [4.69, 9.17) is 5.11 Å². The molecule has 16 heavy (non-hydrogen) atoms. The summed E-state index contributed by atoms with van der Waals surface area (Å²) in [6.07, 6.45) is 1.44. The van der Waals surface area contributed by atoms with Crippen LogP contribution in [0.15, 0.2) is 24.4 Å². The molecule has 0 aliphatic heterocycles. The van der Waals surface area contributed by atoms with Gasteiger partial charge in [-0.15, -0.1) is 0 Å². The first-order valence-corrected chi connectivity index (χ1v) is 4.63. The molecule has 0 aliphatic rings. The molecule has 0 unspecified atom stereocenters. The molecule has 2 aromatic rings. The summed E-state index contributed by atoms with van der Waals surface area (Å²) in [5.41, 5.74) is 1.10. The van der Waals surface area contributed by atoms with E-state index in [2.05, 4.69) is 20.5 Å². The molecule has 3 N–H and O–H groups in total.